The van der Waals surface area contributed by atoms with Gasteiger partial charge in [0.15, 0.2) is 0 Å². The molecule has 0 aliphatic carbocycles. The molecule has 108 valence electrons. The van der Waals surface area contributed by atoms with E-state index in [0.717, 1.165) is 0 Å². The van der Waals surface area contributed by atoms with E-state index in [4.69, 9.17) is 17.3 Å². The molecule has 6 nitrogen and oxygen atoms in total. The van der Waals surface area contributed by atoms with E-state index in [1.165, 1.54) is 24.3 Å². The van der Waals surface area contributed by atoms with Gasteiger partial charge in [-0.1, -0.05) is 27.5 Å². The molecule has 0 unspecified atom stereocenters. The molecule has 0 aliphatic heterocycles. The topological polar surface area (TPSA) is 98.3 Å². The largest absolute Gasteiger partial charge is 0.399 e. The summed E-state index contributed by atoms with van der Waals surface area (Å²) in [6.45, 7) is 0. The van der Waals surface area contributed by atoms with Crippen molar-refractivity contribution in [1.29, 1.82) is 0 Å². The second-order valence-corrected chi connectivity index (χ2v) is 5.50. The molecule has 0 saturated carbocycles. The van der Waals surface area contributed by atoms with Gasteiger partial charge in [0.05, 0.1) is 4.92 Å². The van der Waals surface area contributed by atoms with Gasteiger partial charge in [-0.3, -0.25) is 14.9 Å². The number of nitrogen functional groups attached to an aromatic ring is 1. The zero-order chi connectivity index (χ0) is 15.6. The maximum Gasteiger partial charge on any atom is 0.292 e. The van der Waals surface area contributed by atoms with E-state index in [-0.39, 0.29) is 22.0 Å². The summed E-state index contributed by atoms with van der Waals surface area (Å²) in [7, 11) is 0. The number of nitrogens with two attached hydrogens (primary N) is 1. The molecule has 0 fully saturated rings. The fraction of sp³-hybridized carbons (Fsp3) is 0. The molecule has 2 rings (SSSR count). The third kappa shape index (κ3) is 3.71. The van der Waals surface area contributed by atoms with Gasteiger partial charge in [0.1, 0.15) is 5.69 Å². The average molecular weight is 371 g/mol. The van der Waals surface area contributed by atoms with Crippen molar-refractivity contribution in [2.45, 2.75) is 0 Å². The molecule has 0 aliphatic rings. The summed E-state index contributed by atoms with van der Waals surface area (Å²) >= 11 is 9.03. The van der Waals surface area contributed by atoms with Crippen LogP contribution in [0.1, 0.15) is 10.4 Å². The van der Waals surface area contributed by atoms with Gasteiger partial charge in [-0.05, 0) is 30.3 Å². The van der Waals surface area contributed by atoms with Crippen molar-refractivity contribution >= 4 is 50.5 Å². The standard InChI is InChI=1S/C13H9BrClN3O3/c14-8-3-7(4-10(16)5-8)13(19)17-11-6-9(15)1-2-12(11)18(20)21/h1-6H,16H2,(H,17,19). The van der Waals surface area contributed by atoms with E-state index < -0.39 is 10.8 Å². The summed E-state index contributed by atoms with van der Waals surface area (Å²) in [5.41, 5.74) is 6.11. The van der Waals surface area contributed by atoms with Crippen molar-refractivity contribution in [3.05, 3.63) is 61.6 Å². The SMILES string of the molecule is Nc1cc(Br)cc(C(=O)Nc2cc(Cl)ccc2[N+](=O)[O-])c1. The molecule has 0 aromatic heterocycles. The molecule has 0 spiro atoms. The zero-order valence-electron chi connectivity index (χ0n) is 10.5. The van der Waals surface area contributed by atoms with Gasteiger partial charge in [0.25, 0.3) is 11.6 Å². The van der Waals surface area contributed by atoms with Gasteiger partial charge in [-0.2, -0.15) is 0 Å². The highest BCUT2D eigenvalue weighted by Gasteiger charge is 2.17. The number of carbonyl (C=O) groups excluding carboxylic acids is 1. The van der Waals surface area contributed by atoms with Crippen LogP contribution in [0.4, 0.5) is 17.1 Å². The Hall–Kier alpha value is -2.12. The number of nitro groups is 1. The van der Waals surface area contributed by atoms with Crippen molar-refractivity contribution in [3.63, 3.8) is 0 Å². The van der Waals surface area contributed by atoms with Gasteiger partial charge in [0.2, 0.25) is 0 Å². The smallest absolute Gasteiger partial charge is 0.292 e. The monoisotopic (exact) mass is 369 g/mol. The van der Waals surface area contributed by atoms with Crippen LogP contribution < -0.4 is 11.1 Å². The third-order valence-electron chi connectivity index (χ3n) is 2.59. The van der Waals surface area contributed by atoms with Crippen LogP contribution in [0, 0.1) is 10.1 Å². The molecule has 21 heavy (non-hydrogen) atoms. The second-order valence-electron chi connectivity index (χ2n) is 4.15. The highest BCUT2D eigenvalue weighted by atomic mass is 79.9. The Morgan fingerprint density at radius 2 is 2.00 bits per heavy atom. The van der Waals surface area contributed by atoms with E-state index in [2.05, 4.69) is 21.2 Å². The van der Waals surface area contributed by atoms with E-state index in [1.54, 1.807) is 12.1 Å². The van der Waals surface area contributed by atoms with Crippen molar-refractivity contribution in [2.24, 2.45) is 0 Å². The van der Waals surface area contributed by atoms with Crippen LogP contribution in [-0.4, -0.2) is 10.8 Å². The quantitative estimate of drug-likeness (QED) is 0.487. The number of hydrogen-bond donors (Lipinski definition) is 2. The van der Waals surface area contributed by atoms with Crippen LogP contribution in [0.2, 0.25) is 5.02 Å². The van der Waals surface area contributed by atoms with Gasteiger partial charge >= 0.3 is 0 Å². The molecule has 3 N–H and O–H groups in total. The molecule has 8 heteroatoms. The van der Waals surface area contributed by atoms with E-state index in [1.807, 2.05) is 0 Å². The molecular formula is C13H9BrClN3O3. The summed E-state index contributed by atoms with van der Waals surface area (Å²) in [5, 5.41) is 13.7. The summed E-state index contributed by atoms with van der Waals surface area (Å²) in [6.07, 6.45) is 0. The number of amides is 1. The summed E-state index contributed by atoms with van der Waals surface area (Å²) in [4.78, 5) is 22.5. The number of anilines is 2. The summed E-state index contributed by atoms with van der Waals surface area (Å²) in [5.74, 6) is -0.520. The molecule has 2 aromatic rings. The predicted octanol–water partition coefficient (Wildman–Crippen LogP) is 3.85. The normalized spacial score (nSPS) is 10.2. The number of nitrogens with one attached hydrogen (secondary N) is 1. The van der Waals surface area contributed by atoms with Gasteiger partial charge < -0.3 is 11.1 Å². The van der Waals surface area contributed by atoms with E-state index >= 15 is 0 Å². The average Bonchev–Trinajstić information content (AvgIpc) is 2.37. The van der Waals surface area contributed by atoms with Crippen LogP contribution in [0.5, 0.6) is 0 Å². The predicted molar refractivity (Wildman–Crippen MR) is 84.6 cm³/mol. The van der Waals surface area contributed by atoms with Crippen LogP contribution in [-0.2, 0) is 0 Å². The Kier molecular flexibility index (Phi) is 4.44. The van der Waals surface area contributed by atoms with Gasteiger partial charge in [-0.25, -0.2) is 0 Å². The number of carbonyl (C=O) groups is 1. The summed E-state index contributed by atoms with van der Waals surface area (Å²) in [6, 6.07) is 8.59. The van der Waals surface area contributed by atoms with Crippen LogP contribution in [0.15, 0.2) is 40.9 Å². The highest BCUT2D eigenvalue weighted by Crippen LogP contribution is 2.28. The Morgan fingerprint density at radius 1 is 1.29 bits per heavy atom. The Morgan fingerprint density at radius 3 is 2.62 bits per heavy atom. The molecule has 0 atom stereocenters. The summed E-state index contributed by atoms with van der Waals surface area (Å²) < 4.78 is 0.633. The van der Waals surface area contributed by atoms with Crippen LogP contribution in [0.3, 0.4) is 0 Å². The molecule has 0 heterocycles. The van der Waals surface area contributed by atoms with Gasteiger partial charge in [0, 0.05) is 26.8 Å². The molecular weight excluding hydrogens is 362 g/mol. The van der Waals surface area contributed by atoms with Crippen LogP contribution in [0.25, 0.3) is 0 Å². The fourth-order valence-corrected chi connectivity index (χ4v) is 2.39. The minimum absolute atomic E-state index is 0.0241. The third-order valence-corrected chi connectivity index (χ3v) is 3.28. The lowest BCUT2D eigenvalue weighted by molar-refractivity contribution is -0.383. The number of benzene rings is 2. The molecule has 0 radical (unpaired) electrons. The van der Waals surface area contributed by atoms with Gasteiger partial charge in [-0.15, -0.1) is 0 Å². The number of nitrogens with zero attached hydrogens (tertiary/aromatic N) is 1. The highest BCUT2D eigenvalue weighted by molar-refractivity contribution is 9.10. The maximum absolute atomic E-state index is 12.2. The zero-order valence-corrected chi connectivity index (χ0v) is 12.8. The fourth-order valence-electron chi connectivity index (χ4n) is 1.71. The number of rotatable bonds is 3. The van der Waals surface area contributed by atoms with Crippen molar-refractivity contribution in [3.8, 4) is 0 Å². The molecule has 1 amide bonds. The lowest BCUT2D eigenvalue weighted by Gasteiger charge is -2.07. The first-order chi connectivity index (χ1) is 9.86. The van der Waals surface area contributed by atoms with E-state index in [9.17, 15) is 14.9 Å². The first-order valence-electron chi connectivity index (χ1n) is 5.68. The first kappa shape index (κ1) is 15.3. The van der Waals surface area contributed by atoms with Crippen molar-refractivity contribution in [1.82, 2.24) is 0 Å². The molecule has 2 aromatic carbocycles. The lowest BCUT2D eigenvalue weighted by atomic mass is 10.2. The maximum atomic E-state index is 12.2. The molecule has 0 bridgehead atoms. The van der Waals surface area contributed by atoms with Crippen LogP contribution >= 0.6 is 27.5 Å². The second kappa shape index (κ2) is 6.11. The Labute approximate surface area is 133 Å². The van der Waals surface area contributed by atoms with E-state index in [0.29, 0.717) is 10.2 Å². The number of nitro benzene ring substituents is 1. The van der Waals surface area contributed by atoms with Crippen molar-refractivity contribution in [2.75, 3.05) is 11.1 Å². The Balaban J connectivity index is 2.35. The Bertz CT molecular complexity index is 716. The van der Waals surface area contributed by atoms with Crippen molar-refractivity contribution < 1.29 is 9.72 Å². The minimum atomic E-state index is -0.596. The lowest BCUT2D eigenvalue weighted by Crippen LogP contribution is -2.13. The first-order valence-corrected chi connectivity index (χ1v) is 6.85. The minimum Gasteiger partial charge on any atom is -0.399 e. The number of halogens is 2. The number of hydrogen-bond acceptors (Lipinski definition) is 4. The molecule has 0 saturated heterocycles.